The molecule has 3 N–H and O–H groups in total. The highest BCUT2D eigenvalue weighted by Gasteiger charge is 2.61. The van der Waals surface area contributed by atoms with Gasteiger partial charge in [0, 0.05) is 0 Å². The second-order valence-electron chi connectivity index (χ2n) is 8.91. The first-order valence-electron chi connectivity index (χ1n) is 9.11. The van der Waals surface area contributed by atoms with Crippen molar-refractivity contribution in [2.24, 2.45) is 28.6 Å². The van der Waals surface area contributed by atoms with Gasteiger partial charge in [-0.25, -0.2) is 0 Å². The lowest BCUT2D eigenvalue weighted by Gasteiger charge is -2.59. The predicted molar refractivity (Wildman–Crippen MR) is 85.1 cm³/mol. The summed E-state index contributed by atoms with van der Waals surface area (Å²) in [6.45, 7) is 4.61. The average molecular weight is 306 g/mol. The van der Waals surface area contributed by atoms with E-state index in [1.54, 1.807) is 0 Å². The van der Waals surface area contributed by atoms with E-state index in [-0.39, 0.29) is 29.1 Å². The van der Waals surface area contributed by atoms with Crippen LogP contribution in [0.1, 0.15) is 58.8 Å². The van der Waals surface area contributed by atoms with Crippen LogP contribution in [0.3, 0.4) is 0 Å². The number of aliphatic hydroxyl groups excluding tert-OH is 3. The zero-order chi connectivity index (χ0) is 15.7. The maximum Gasteiger partial charge on any atom is 0.0724 e. The summed E-state index contributed by atoms with van der Waals surface area (Å²) >= 11 is 0. The fourth-order valence-corrected chi connectivity index (χ4v) is 6.65. The SMILES string of the molecule is CC12CCC(O)C=C1CC(O)C1C2CCC2(C)C(O)CCC12. The van der Waals surface area contributed by atoms with E-state index in [1.807, 2.05) is 6.08 Å². The number of rotatable bonds is 0. The average Bonchev–Trinajstić information content (AvgIpc) is 2.77. The molecule has 3 fully saturated rings. The first kappa shape index (κ1) is 15.2. The molecule has 8 unspecified atom stereocenters. The van der Waals surface area contributed by atoms with E-state index in [4.69, 9.17) is 0 Å². The van der Waals surface area contributed by atoms with Gasteiger partial charge in [0.25, 0.3) is 0 Å². The van der Waals surface area contributed by atoms with E-state index in [9.17, 15) is 15.3 Å². The number of hydrogen-bond donors (Lipinski definition) is 3. The standard InChI is InChI=1S/C19H30O3/c1-18-7-5-12(20)9-11(18)10-15(21)17-13-3-4-16(22)19(13,2)8-6-14(17)18/h9,12-17,20-22H,3-8,10H2,1-2H3. The third-order valence-electron chi connectivity index (χ3n) is 8.06. The molecule has 0 spiro atoms. The summed E-state index contributed by atoms with van der Waals surface area (Å²) in [7, 11) is 0. The number of aliphatic hydroxyl groups is 3. The lowest BCUT2D eigenvalue weighted by molar-refractivity contribution is -0.121. The molecule has 0 radical (unpaired) electrons. The van der Waals surface area contributed by atoms with Gasteiger partial charge in [0.2, 0.25) is 0 Å². The van der Waals surface area contributed by atoms with Crippen LogP contribution in [0.15, 0.2) is 11.6 Å². The molecule has 4 rings (SSSR count). The van der Waals surface area contributed by atoms with Crippen LogP contribution in [0.25, 0.3) is 0 Å². The van der Waals surface area contributed by atoms with E-state index < -0.39 is 0 Å². The summed E-state index contributed by atoms with van der Waals surface area (Å²) in [6.07, 6.45) is 7.97. The smallest absolute Gasteiger partial charge is 0.0724 e. The molecule has 3 saturated carbocycles. The lowest BCUT2D eigenvalue weighted by Crippen LogP contribution is -2.56. The molecular weight excluding hydrogens is 276 g/mol. The fraction of sp³-hybridized carbons (Fsp3) is 0.895. The molecule has 0 bridgehead atoms. The summed E-state index contributed by atoms with van der Waals surface area (Å²) in [5.74, 6) is 1.30. The monoisotopic (exact) mass is 306 g/mol. The van der Waals surface area contributed by atoms with Crippen molar-refractivity contribution < 1.29 is 15.3 Å². The van der Waals surface area contributed by atoms with Gasteiger partial charge in [-0.2, -0.15) is 0 Å². The van der Waals surface area contributed by atoms with Gasteiger partial charge in [-0.05, 0) is 73.5 Å². The first-order chi connectivity index (χ1) is 10.4. The second kappa shape index (κ2) is 4.81. The van der Waals surface area contributed by atoms with Crippen LogP contribution in [0, 0.1) is 28.6 Å². The van der Waals surface area contributed by atoms with E-state index >= 15 is 0 Å². The predicted octanol–water partition coefficient (Wildman–Crippen LogP) is 2.64. The van der Waals surface area contributed by atoms with Crippen LogP contribution < -0.4 is 0 Å². The zero-order valence-corrected chi connectivity index (χ0v) is 13.8. The van der Waals surface area contributed by atoms with E-state index in [2.05, 4.69) is 13.8 Å². The summed E-state index contributed by atoms with van der Waals surface area (Å²) in [4.78, 5) is 0. The van der Waals surface area contributed by atoms with Crippen LogP contribution in [0.5, 0.6) is 0 Å². The highest BCUT2D eigenvalue weighted by Crippen LogP contribution is 2.65. The second-order valence-corrected chi connectivity index (χ2v) is 8.91. The highest BCUT2D eigenvalue weighted by atomic mass is 16.3. The molecule has 0 saturated heterocycles. The number of fused-ring (bicyclic) bond motifs is 5. The summed E-state index contributed by atoms with van der Waals surface area (Å²) < 4.78 is 0. The molecule has 0 heterocycles. The van der Waals surface area contributed by atoms with Crippen molar-refractivity contribution in [2.75, 3.05) is 0 Å². The van der Waals surface area contributed by atoms with Crippen LogP contribution in [0.4, 0.5) is 0 Å². The minimum Gasteiger partial charge on any atom is -0.393 e. The molecule has 0 amide bonds. The van der Waals surface area contributed by atoms with Crippen molar-refractivity contribution >= 4 is 0 Å². The Morgan fingerprint density at radius 1 is 0.955 bits per heavy atom. The molecule has 8 atom stereocenters. The summed E-state index contributed by atoms with van der Waals surface area (Å²) in [5, 5.41) is 31.3. The van der Waals surface area contributed by atoms with Crippen molar-refractivity contribution in [3.63, 3.8) is 0 Å². The quantitative estimate of drug-likeness (QED) is 0.603. The van der Waals surface area contributed by atoms with E-state index in [0.717, 1.165) is 44.9 Å². The van der Waals surface area contributed by atoms with Crippen LogP contribution in [0.2, 0.25) is 0 Å². The van der Waals surface area contributed by atoms with Gasteiger partial charge in [-0.1, -0.05) is 25.5 Å². The van der Waals surface area contributed by atoms with Gasteiger partial charge in [0.15, 0.2) is 0 Å². The molecule has 0 aromatic carbocycles. The summed E-state index contributed by atoms with van der Waals surface area (Å²) in [6, 6.07) is 0. The molecule has 22 heavy (non-hydrogen) atoms. The molecule has 3 heteroatoms. The minimum absolute atomic E-state index is 0.00784. The van der Waals surface area contributed by atoms with Crippen LogP contribution >= 0.6 is 0 Å². The lowest BCUT2D eigenvalue weighted by atomic mass is 9.46. The van der Waals surface area contributed by atoms with E-state index in [1.165, 1.54) is 5.57 Å². The Labute approximate surface area is 133 Å². The van der Waals surface area contributed by atoms with Gasteiger partial charge in [0.1, 0.15) is 0 Å². The third kappa shape index (κ3) is 1.85. The first-order valence-corrected chi connectivity index (χ1v) is 9.11. The number of hydrogen-bond acceptors (Lipinski definition) is 3. The molecule has 3 nitrogen and oxygen atoms in total. The van der Waals surface area contributed by atoms with Gasteiger partial charge in [-0.3, -0.25) is 0 Å². The van der Waals surface area contributed by atoms with Gasteiger partial charge in [0.05, 0.1) is 18.3 Å². The third-order valence-corrected chi connectivity index (χ3v) is 8.06. The van der Waals surface area contributed by atoms with Crippen molar-refractivity contribution in [1.82, 2.24) is 0 Å². The topological polar surface area (TPSA) is 60.7 Å². The maximum absolute atomic E-state index is 10.9. The summed E-state index contributed by atoms with van der Waals surface area (Å²) in [5.41, 5.74) is 1.45. The molecule has 0 aliphatic heterocycles. The Kier molecular flexibility index (Phi) is 3.32. The van der Waals surface area contributed by atoms with Crippen LogP contribution in [-0.4, -0.2) is 33.6 Å². The van der Waals surface area contributed by atoms with E-state index in [0.29, 0.717) is 17.8 Å². The molecule has 4 aliphatic carbocycles. The van der Waals surface area contributed by atoms with Crippen molar-refractivity contribution in [3.05, 3.63) is 11.6 Å². The maximum atomic E-state index is 10.9. The molecule has 0 aromatic rings. The van der Waals surface area contributed by atoms with Crippen molar-refractivity contribution in [1.29, 1.82) is 0 Å². The van der Waals surface area contributed by atoms with Gasteiger partial charge >= 0.3 is 0 Å². The Morgan fingerprint density at radius 3 is 2.50 bits per heavy atom. The normalized spacial score (nSPS) is 57.6. The Bertz CT molecular complexity index is 501. The zero-order valence-electron chi connectivity index (χ0n) is 13.8. The largest absolute Gasteiger partial charge is 0.393 e. The fourth-order valence-electron chi connectivity index (χ4n) is 6.65. The molecule has 0 aromatic heterocycles. The molecule has 4 aliphatic rings. The molecular formula is C19H30O3. The Hall–Kier alpha value is -0.380. The van der Waals surface area contributed by atoms with Gasteiger partial charge in [-0.15, -0.1) is 0 Å². The van der Waals surface area contributed by atoms with Gasteiger partial charge < -0.3 is 15.3 Å². The Morgan fingerprint density at radius 2 is 1.73 bits per heavy atom. The Balaban J connectivity index is 1.72. The van der Waals surface area contributed by atoms with Crippen molar-refractivity contribution in [2.45, 2.75) is 77.1 Å². The van der Waals surface area contributed by atoms with Crippen molar-refractivity contribution in [3.8, 4) is 0 Å². The van der Waals surface area contributed by atoms with Crippen LogP contribution in [-0.2, 0) is 0 Å². The highest BCUT2D eigenvalue weighted by molar-refractivity contribution is 5.27. The molecule has 124 valence electrons. The minimum atomic E-state index is -0.325.